The third-order valence-corrected chi connectivity index (χ3v) is 6.76. The van der Waals surface area contributed by atoms with Crippen LogP contribution in [0.4, 0.5) is 0 Å². The van der Waals surface area contributed by atoms with Crippen LogP contribution in [0.3, 0.4) is 0 Å². The summed E-state index contributed by atoms with van der Waals surface area (Å²) in [5.41, 5.74) is -0.0438. The van der Waals surface area contributed by atoms with Gasteiger partial charge in [-0.15, -0.1) is 0 Å². The van der Waals surface area contributed by atoms with E-state index in [1.165, 1.54) is 37.2 Å². The van der Waals surface area contributed by atoms with Crippen LogP contribution >= 0.6 is 11.8 Å². The average Bonchev–Trinajstić information content (AvgIpc) is 3.01. The minimum Gasteiger partial charge on any atom is -0.481 e. The quantitative estimate of drug-likeness (QED) is 0.331. The van der Waals surface area contributed by atoms with Gasteiger partial charge in [-0.25, -0.2) is 0 Å². The van der Waals surface area contributed by atoms with Gasteiger partial charge in [0.2, 0.25) is 0 Å². The van der Waals surface area contributed by atoms with E-state index >= 15 is 0 Å². The van der Waals surface area contributed by atoms with Crippen LogP contribution in [-0.2, 0) is 4.79 Å². The fourth-order valence-electron chi connectivity index (χ4n) is 3.45. The van der Waals surface area contributed by atoms with Crippen molar-refractivity contribution >= 4 is 17.7 Å². The number of aliphatic carboxylic acids is 1. The molecule has 0 aliphatic carbocycles. The highest BCUT2D eigenvalue weighted by atomic mass is 32.2. The molecule has 1 unspecified atom stereocenters. The SMILES string of the molecule is CCCCC(C)(C)C(O)C=C[C@@H]1CSC[C@@H]1CCCCCCC(=O)O. The van der Waals surface area contributed by atoms with Crippen LogP contribution in [0, 0.1) is 17.3 Å². The average molecular weight is 371 g/mol. The zero-order chi connectivity index (χ0) is 18.7. The summed E-state index contributed by atoms with van der Waals surface area (Å²) in [5.74, 6) is 3.01. The number of aliphatic hydroxyl groups excluding tert-OH is 1. The Morgan fingerprint density at radius 3 is 2.60 bits per heavy atom. The van der Waals surface area contributed by atoms with Gasteiger partial charge in [0, 0.05) is 6.42 Å². The fraction of sp³-hybridized carbons (Fsp3) is 0.857. The molecule has 0 amide bonds. The highest BCUT2D eigenvalue weighted by Gasteiger charge is 2.28. The van der Waals surface area contributed by atoms with Gasteiger partial charge in [-0.1, -0.05) is 65.0 Å². The number of thioether (sulfide) groups is 1. The summed E-state index contributed by atoms with van der Waals surface area (Å²) in [6, 6.07) is 0. The smallest absolute Gasteiger partial charge is 0.303 e. The first kappa shape index (κ1) is 22.6. The molecule has 1 aliphatic heterocycles. The summed E-state index contributed by atoms with van der Waals surface area (Å²) in [6.45, 7) is 6.52. The lowest BCUT2D eigenvalue weighted by Gasteiger charge is -2.29. The van der Waals surface area contributed by atoms with Crippen molar-refractivity contribution in [2.75, 3.05) is 11.5 Å². The number of aliphatic hydroxyl groups is 1. The molecule has 0 bridgehead atoms. The topological polar surface area (TPSA) is 57.5 Å². The molecule has 25 heavy (non-hydrogen) atoms. The van der Waals surface area contributed by atoms with Crippen molar-refractivity contribution in [3.63, 3.8) is 0 Å². The summed E-state index contributed by atoms with van der Waals surface area (Å²) in [7, 11) is 0. The number of unbranched alkanes of at least 4 members (excludes halogenated alkanes) is 4. The van der Waals surface area contributed by atoms with E-state index in [1.807, 2.05) is 17.8 Å². The van der Waals surface area contributed by atoms with E-state index in [0.717, 1.165) is 25.7 Å². The van der Waals surface area contributed by atoms with Crippen molar-refractivity contribution in [2.45, 2.75) is 84.7 Å². The Morgan fingerprint density at radius 2 is 1.92 bits per heavy atom. The maximum Gasteiger partial charge on any atom is 0.303 e. The van der Waals surface area contributed by atoms with E-state index in [9.17, 15) is 9.90 Å². The Hall–Kier alpha value is -0.480. The van der Waals surface area contributed by atoms with Crippen molar-refractivity contribution in [1.29, 1.82) is 0 Å². The highest BCUT2D eigenvalue weighted by Crippen LogP contribution is 2.35. The van der Waals surface area contributed by atoms with Crippen LogP contribution in [0.15, 0.2) is 12.2 Å². The minimum absolute atomic E-state index is 0.0438. The molecule has 1 saturated heterocycles. The van der Waals surface area contributed by atoms with Crippen LogP contribution in [-0.4, -0.2) is 33.8 Å². The van der Waals surface area contributed by atoms with E-state index in [0.29, 0.717) is 18.3 Å². The van der Waals surface area contributed by atoms with Crippen LogP contribution in [0.25, 0.3) is 0 Å². The molecule has 0 radical (unpaired) electrons. The molecule has 0 saturated carbocycles. The molecule has 146 valence electrons. The third kappa shape index (κ3) is 9.14. The molecule has 1 heterocycles. The van der Waals surface area contributed by atoms with E-state index in [1.54, 1.807) is 0 Å². The largest absolute Gasteiger partial charge is 0.481 e. The van der Waals surface area contributed by atoms with Gasteiger partial charge in [0.25, 0.3) is 0 Å². The molecule has 1 fully saturated rings. The number of hydrogen-bond donors (Lipinski definition) is 2. The molecule has 0 spiro atoms. The van der Waals surface area contributed by atoms with Crippen molar-refractivity contribution in [3.05, 3.63) is 12.2 Å². The molecule has 3 nitrogen and oxygen atoms in total. The van der Waals surface area contributed by atoms with Gasteiger partial charge in [0.05, 0.1) is 6.10 Å². The second kappa shape index (κ2) is 12.0. The Morgan fingerprint density at radius 1 is 1.20 bits per heavy atom. The van der Waals surface area contributed by atoms with Crippen molar-refractivity contribution in [3.8, 4) is 0 Å². The van der Waals surface area contributed by atoms with E-state index in [2.05, 4.69) is 26.8 Å². The van der Waals surface area contributed by atoms with Crippen LogP contribution in [0.5, 0.6) is 0 Å². The van der Waals surface area contributed by atoms with Gasteiger partial charge in [-0.2, -0.15) is 11.8 Å². The summed E-state index contributed by atoms with van der Waals surface area (Å²) in [6.07, 6.45) is 13.1. The molecular formula is C21H38O3S. The maximum absolute atomic E-state index is 10.5. The lowest BCUT2D eigenvalue weighted by Crippen LogP contribution is -2.27. The number of carboxylic acid groups (broad SMARTS) is 1. The molecular weight excluding hydrogens is 332 g/mol. The van der Waals surface area contributed by atoms with Gasteiger partial charge < -0.3 is 10.2 Å². The normalized spacial score (nSPS) is 22.6. The zero-order valence-corrected chi connectivity index (χ0v) is 17.2. The second-order valence-corrected chi connectivity index (χ2v) is 9.30. The van der Waals surface area contributed by atoms with Gasteiger partial charge in [0.1, 0.15) is 0 Å². The summed E-state index contributed by atoms with van der Waals surface area (Å²) >= 11 is 2.02. The minimum atomic E-state index is -0.683. The first-order valence-corrected chi connectivity index (χ1v) is 11.2. The Labute approximate surface area is 158 Å². The van der Waals surface area contributed by atoms with E-state index in [4.69, 9.17) is 5.11 Å². The molecule has 1 rings (SSSR count). The molecule has 2 N–H and O–H groups in total. The molecule has 1 aliphatic rings. The number of carbonyl (C=O) groups is 1. The molecule has 0 aromatic carbocycles. The van der Waals surface area contributed by atoms with Crippen molar-refractivity contribution in [1.82, 2.24) is 0 Å². The van der Waals surface area contributed by atoms with Crippen molar-refractivity contribution < 1.29 is 15.0 Å². The summed E-state index contributed by atoms with van der Waals surface area (Å²) < 4.78 is 0. The number of rotatable bonds is 13. The molecule has 0 aromatic rings. The molecule has 0 aromatic heterocycles. The number of allylic oxidation sites excluding steroid dienone is 1. The van der Waals surface area contributed by atoms with Crippen LogP contribution < -0.4 is 0 Å². The van der Waals surface area contributed by atoms with Crippen LogP contribution in [0.2, 0.25) is 0 Å². The Balaban J connectivity index is 2.33. The van der Waals surface area contributed by atoms with Gasteiger partial charge in [-0.3, -0.25) is 4.79 Å². The van der Waals surface area contributed by atoms with Crippen molar-refractivity contribution in [2.24, 2.45) is 17.3 Å². The monoisotopic (exact) mass is 370 g/mol. The van der Waals surface area contributed by atoms with Gasteiger partial charge in [0.15, 0.2) is 0 Å². The first-order chi connectivity index (χ1) is 11.9. The summed E-state index contributed by atoms with van der Waals surface area (Å²) in [5, 5.41) is 19.2. The first-order valence-electron chi connectivity index (χ1n) is 10.0. The number of hydrogen-bond acceptors (Lipinski definition) is 3. The lowest BCUT2D eigenvalue weighted by molar-refractivity contribution is -0.137. The van der Waals surface area contributed by atoms with Gasteiger partial charge >= 0.3 is 5.97 Å². The standard InChI is InChI=1S/C21H38O3S/c1-4-5-14-21(2,3)19(22)13-12-18-16-25-15-17(18)10-8-6-7-9-11-20(23)24/h12-13,17-19,22H,4-11,14-16H2,1-3H3,(H,23,24)/t17-,18+,19?/m0/s1. The summed E-state index contributed by atoms with van der Waals surface area (Å²) in [4.78, 5) is 10.5. The second-order valence-electron chi connectivity index (χ2n) is 8.23. The number of carboxylic acids is 1. The Bertz CT molecular complexity index is 406. The van der Waals surface area contributed by atoms with Crippen LogP contribution in [0.1, 0.15) is 78.6 Å². The predicted octanol–water partition coefficient (Wildman–Crippen LogP) is 5.52. The van der Waals surface area contributed by atoms with Gasteiger partial charge in [-0.05, 0) is 48.0 Å². The van der Waals surface area contributed by atoms with E-state index < -0.39 is 5.97 Å². The molecule has 4 heteroatoms. The zero-order valence-electron chi connectivity index (χ0n) is 16.4. The predicted molar refractivity (Wildman–Crippen MR) is 108 cm³/mol. The fourth-order valence-corrected chi connectivity index (χ4v) is 4.96. The third-order valence-electron chi connectivity index (χ3n) is 5.48. The maximum atomic E-state index is 10.5. The highest BCUT2D eigenvalue weighted by molar-refractivity contribution is 7.99. The Kier molecular flexibility index (Phi) is 10.8. The van der Waals surface area contributed by atoms with E-state index in [-0.39, 0.29) is 11.5 Å². The molecule has 3 atom stereocenters. The lowest BCUT2D eigenvalue weighted by atomic mass is 9.80.